The zero-order valence-electron chi connectivity index (χ0n) is 12.5. The molecule has 0 amide bonds. The lowest BCUT2D eigenvalue weighted by Crippen LogP contribution is -2.17. The van der Waals surface area contributed by atoms with Crippen molar-refractivity contribution < 1.29 is 0 Å². The fourth-order valence-electron chi connectivity index (χ4n) is 1.97. The Morgan fingerprint density at radius 1 is 1.16 bits per heavy atom. The summed E-state index contributed by atoms with van der Waals surface area (Å²) in [6, 6.07) is 2.41. The third-order valence-electron chi connectivity index (χ3n) is 3.11. The van der Waals surface area contributed by atoms with E-state index < -0.39 is 0 Å². The maximum Gasteiger partial charge on any atom is 0.134 e. The van der Waals surface area contributed by atoms with E-state index in [4.69, 9.17) is 0 Å². The molecule has 0 saturated heterocycles. The molecule has 0 aliphatic carbocycles. The molecule has 4 heteroatoms. The SMILES string of the molecule is CCCCCCC(C)Nc1cc(Br)nc(C(C)C)n1. The van der Waals surface area contributed by atoms with E-state index >= 15 is 0 Å². The Hall–Kier alpha value is -0.640. The van der Waals surface area contributed by atoms with Gasteiger partial charge in [-0.3, -0.25) is 0 Å². The number of nitrogens with zero attached hydrogens (tertiary/aromatic N) is 2. The Morgan fingerprint density at radius 3 is 2.53 bits per heavy atom. The second-order valence-electron chi connectivity index (χ2n) is 5.48. The van der Waals surface area contributed by atoms with Crippen LogP contribution in [0.5, 0.6) is 0 Å². The maximum absolute atomic E-state index is 4.57. The van der Waals surface area contributed by atoms with Crippen LogP contribution in [0.15, 0.2) is 10.7 Å². The molecule has 0 bridgehead atoms. The lowest BCUT2D eigenvalue weighted by Gasteiger charge is -2.15. The summed E-state index contributed by atoms with van der Waals surface area (Å²) in [6.45, 7) is 8.68. The summed E-state index contributed by atoms with van der Waals surface area (Å²) in [5, 5.41) is 3.47. The molecule has 0 spiro atoms. The van der Waals surface area contributed by atoms with Gasteiger partial charge in [0.25, 0.3) is 0 Å². The van der Waals surface area contributed by atoms with E-state index in [-0.39, 0.29) is 0 Å². The van der Waals surface area contributed by atoms with Crippen molar-refractivity contribution in [3.05, 3.63) is 16.5 Å². The zero-order chi connectivity index (χ0) is 14.3. The van der Waals surface area contributed by atoms with Gasteiger partial charge in [-0.1, -0.05) is 46.5 Å². The van der Waals surface area contributed by atoms with Crippen LogP contribution in [0.1, 0.15) is 71.5 Å². The Balaban J connectivity index is 2.51. The highest BCUT2D eigenvalue weighted by atomic mass is 79.9. The number of anilines is 1. The van der Waals surface area contributed by atoms with Crippen LogP contribution < -0.4 is 5.32 Å². The number of nitrogens with one attached hydrogen (secondary N) is 1. The Morgan fingerprint density at radius 2 is 1.89 bits per heavy atom. The lowest BCUT2D eigenvalue weighted by molar-refractivity contribution is 0.592. The number of hydrogen-bond acceptors (Lipinski definition) is 3. The molecule has 0 aliphatic heterocycles. The van der Waals surface area contributed by atoms with Crippen molar-refractivity contribution in [2.75, 3.05) is 5.32 Å². The highest BCUT2D eigenvalue weighted by Gasteiger charge is 2.08. The van der Waals surface area contributed by atoms with Crippen molar-refractivity contribution in [3.8, 4) is 0 Å². The topological polar surface area (TPSA) is 37.8 Å². The summed E-state index contributed by atoms with van der Waals surface area (Å²) < 4.78 is 0.854. The Kier molecular flexibility index (Phi) is 7.36. The summed E-state index contributed by atoms with van der Waals surface area (Å²) in [5.74, 6) is 2.15. The van der Waals surface area contributed by atoms with Crippen LogP contribution >= 0.6 is 15.9 Å². The second kappa shape index (κ2) is 8.51. The zero-order valence-corrected chi connectivity index (χ0v) is 14.1. The highest BCUT2D eigenvalue weighted by Crippen LogP contribution is 2.18. The summed E-state index contributed by atoms with van der Waals surface area (Å²) in [5.41, 5.74) is 0. The molecule has 0 saturated carbocycles. The van der Waals surface area contributed by atoms with Crippen LogP contribution in [0.3, 0.4) is 0 Å². The fourth-order valence-corrected chi connectivity index (χ4v) is 2.37. The van der Waals surface area contributed by atoms with E-state index in [1.165, 1.54) is 32.1 Å². The number of aromatic nitrogens is 2. The van der Waals surface area contributed by atoms with E-state index in [1.54, 1.807) is 0 Å². The van der Waals surface area contributed by atoms with E-state index in [9.17, 15) is 0 Å². The van der Waals surface area contributed by atoms with Gasteiger partial charge in [0.15, 0.2) is 0 Å². The molecular formula is C15H26BrN3. The molecule has 1 rings (SSSR count). The molecule has 1 unspecified atom stereocenters. The molecule has 108 valence electrons. The molecule has 1 N–H and O–H groups in total. The predicted molar refractivity (Wildman–Crippen MR) is 85.7 cm³/mol. The van der Waals surface area contributed by atoms with Crippen LogP contribution in [0.4, 0.5) is 5.82 Å². The van der Waals surface area contributed by atoms with Gasteiger partial charge < -0.3 is 5.32 Å². The molecular weight excluding hydrogens is 302 g/mol. The first-order valence-electron chi connectivity index (χ1n) is 7.34. The molecule has 19 heavy (non-hydrogen) atoms. The second-order valence-corrected chi connectivity index (χ2v) is 6.30. The normalized spacial score (nSPS) is 12.7. The molecule has 0 radical (unpaired) electrons. The van der Waals surface area contributed by atoms with Gasteiger partial charge in [0.05, 0.1) is 0 Å². The molecule has 0 aliphatic rings. The summed E-state index contributed by atoms with van der Waals surface area (Å²) in [6.07, 6.45) is 6.43. The minimum absolute atomic E-state index is 0.345. The van der Waals surface area contributed by atoms with E-state index in [2.05, 4.69) is 58.9 Å². The summed E-state index contributed by atoms with van der Waals surface area (Å²) in [4.78, 5) is 8.96. The van der Waals surface area contributed by atoms with Crippen LogP contribution in [0.25, 0.3) is 0 Å². The quantitative estimate of drug-likeness (QED) is 0.531. The van der Waals surface area contributed by atoms with Crippen molar-refractivity contribution in [1.29, 1.82) is 0 Å². The van der Waals surface area contributed by atoms with Crippen molar-refractivity contribution in [1.82, 2.24) is 9.97 Å². The Labute approximate surface area is 125 Å². The summed E-state index contributed by atoms with van der Waals surface area (Å²) in [7, 11) is 0. The van der Waals surface area contributed by atoms with Gasteiger partial charge in [-0.05, 0) is 29.3 Å². The predicted octanol–water partition coefficient (Wildman–Crippen LogP) is 5.13. The third kappa shape index (κ3) is 6.37. The standard InChI is InChI=1S/C15H26BrN3/c1-5-6-7-8-9-12(4)17-14-10-13(16)18-15(19-14)11(2)3/h10-12H,5-9H2,1-4H3,(H,17,18,19). The van der Waals surface area contributed by atoms with Crippen LogP contribution in [0.2, 0.25) is 0 Å². The Bertz CT molecular complexity index is 380. The number of unbranched alkanes of at least 4 members (excludes halogenated alkanes) is 3. The molecule has 1 heterocycles. The van der Waals surface area contributed by atoms with Crippen molar-refractivity contribution in [3.63, 3.8) is 0 Å². The van der Waals surface area contributed by atoms with Crippen molar-refractivity contribution >= 4 is 21.7 Å². The average Bonchev–Trinajstić information content (AvgIpc) is 2.34. The van der Waals surface area contributed by atoms with Gasteiger partial charge in [0.2, 0.25) is 0 Å². The minimum atomic E-state index is 0.345. The van der Waals surface area contributed by atoms with E-state index in [0.717, 1.165) is 16.2 Å². The lowest BCUT2D eigenvalue weighted by atomic mass is 10.1. The van der Waals surface area contributed by atoms with Gasteiger partial charge in [0, 0.05) is 18.0 Å². The number of hydrogen-bond donors (Lipinski definition) is 1. The van der Waals surface area contributed by atoms with Gasteiger partial charge in [-0.15, -0.1) is 0 Å². The van der Waals surface area contributed by atoms with Gasteiger partial charge in [-0.25, -0.2) is 9.97 Å². The first-order valence-corrected chi connectivity index (χ1v) is 8.13. The third-order valence-corrected chi connectivity index (χ3v) is 3.52. The van der Waals surface area contributed by atoms with Crippen molar-refractivity contribution in [2.24, 2.45) is 0 Å². The minimum Gasteiger partial charge on any atom is -0.367 e. The van der Waals surface area contributed by atoms with Crippen LogP contribution in [-0.4, -0.2) is 16.0 Å². The van der Waals surface area contributed by atoms with Gasteiger partial charge in [0.1, 0.15) is 16.2 Å². The van der Waals surface area contributed by atoms with Crippen LogP contribution in [-0.2, 0) is 0 Å². The largest absolute Gasteiger partial charge is 0.367 e. The monoisotopic (exact) mass is 327 g/mol. The smallest absolute Gasteiger partial charge is 0.134 e. The van der Waals surface area contributed by atoms with Crippen molar-refractivity contribution in [2.45, 2.75) is 71.8 Å². The molecule has 1 aromatic heterocycles. The molecule has 1 aromatic rings. The van der Waals surface area contributed by atoms with E-state index in [0.29, 0.717) is 12.0 Å². The van der Waals surface area contributed by atoms with E-state index in [1.807, 2.05) is 6.07 Å². The number of halogens is 1. The summed E-state index contributed by atoms with van der Waals surface area (Å²) >= 11 is 3.45. The molecule has 0 aromatic carbocycles. The molecule has 1 atom stereocenters. The van der Waals surface area contributed by atoms with Crippen LogP contribution in [0, 0.1) is 0 Å². The van der Waals surface area contributed by atoms with Gasteiger partial charge in [-0.2, -0.15) is 0 Å². The maximum atomic E-state index is 4.57. The highest BCUT2D eigenvalue weighted by molar-refractivity contribution is 9.10. The fraction of sp³-hybridized carbons (Fsp3) is 0.733. The first-order chi connectivity index (χ1) is 9.02. The average molecular weight is 328 g/mol. The van der Waals surface area contributed by atoms with Gasteiger partial charge >= 0.3 is 0 Å². The molecule has 3 nitrogen and oxygen atoms in total. The number of rotatable bonds is 8. The molecule has 0 fully saturated rings. The first kappa shape index (κ1) is 16.4.